The lowest BCUT2D eigenvalue weighted by Crippen LogP contribution is -2.52. The average molecular weight is 420 g/mol. The molecule has 1 fully saturated rings. The number of nitriles is 1. The third kappa shape index (κ3) is 3.74. The van der Waals surface area contributed by atoms with Crippen molar-refractivity contribution in [3.8, 4) is 6.07 Å². The maximum Gasteiger partial charge on any atom is 0.471 e. The average Bonchev–Trinajstić information content (AvgIpc) is 3.01. The lowest BCUT2D eigenvalue weighted by atomic mass is 9.93. The highest BCUT2D eigenvalue weighted by molar-refractivity contribution is 6.09. The number of hydrogen-bond acceptors (Lipinski definition) is 5. The molecule has 1 saturated carbocycles. The molecule has 0 unspecified atom stereocenters. The lowest BCUT2D eigenvalue weighted by Gasteiger charge is -2.33. The van der Waals surface area contributed by atoms with Crippen LogP contribution in [0.5, 0.6) is 0 Å². The van der Waals surface area contributed by atoms with E-state index in [2.05, 4.69) is 0 Å². The van der Waals surface area contributed by atoms with Crippen molar-refractivity contribution in [2.75, 3.05) is 23.4 Å². The number of alkyl halides is 3. The van der Waals surface area contributed by atoms with Gasteiger partial charge in [0.25, 0.3) is 5.91 Å². The largest absolute Gasteiger partial charge is 0.471 e. The molecule has 2 aliphatic rings. The minimum absolute atomic E-state index is 0.182. The van der Waals surface area contributed by atoms with Crippen LogP contribution >= 0.6 is 0 Å². The second-order valence-electron chi connectivity index (χ2n) is 7.37. The van der Waals surface area contributed by atoms with Crippen LogP contribution in [0.25, 0.3) is 0 Å². The van der Waals surface area contributed by atoms with Gasteiger partial charge in [0.15, 0.2) is 5.57 Å². The molecule has 0 bridgehead atoms. The number of para-hydroxylation sites is 2. The van der Waals surface area contributed by atoms with Gasteiger partial charge in [-0.1, -0.05) is 31.4 Å². The molecule has 3 rings (SSSR count). The van der Waals surface area contributed by atoms with Crippen molar-refractivity contribution in [1.29, 1.82) is 5.26 Å². The van der Waals surface area contributed by atoms with E-state index >= 15 is 0 Å². The fraction of sp³-hybridized carbons (Fsp3) is 0.476. The SMILES string of the molecule is CCN1C(=C(C#N)C(=O)N(C(=O)C(F)(F)F)C2CCCCC2)N(C)c2ccccc21. The summed E-state index contributed by atoms with van der Waals surface area (Å²) in [5.41, 5.74) is 0.990. The van der Waals surface area contributed by atoms with Gasteiger partial charge < -0.3 is 9.80 Å². The summed E-state index contributed by atoms with van der Waals surface area (Å²) in [5.74, 6) is -3.23. The maximum absolute atomic E-state index is 13.3. The van der Waals surface area contributed by atoms with Crippen molar-refractivity contribution < 1.29 is 22.8 Å². The molecule has 30 heavy (non-hydrogen) atoms. The van der Waals surface area contributed by atoms with Crippen LogP contribution in [-0.2, 0) is 9.59 Å². The highest BCUT2D eigenvalue weighted by Crippen LogP contribution is 2.42. The van der Waals surface area contributed by atoms with E-state index in [1.54, 1.807) is 41.1 Å². The number of amides is 2. The van der Waals surface area contributed by atoms with Crippen LogP contribution in [0, 0.1) is 11.3 Å². The van der Waals surface area contributed by atoms with Gasteiger partial charge in [0, 0.05) is 19.6 Å². The molecule has 9 heteroatoms. The Bertz CT molecular complexity index is 914. The van der Waals surface area contributed by atoms with Crippen LogP contribution < -0.4 is 9.80 Å². The standard InChI is InChI=1S/C21H23F3N4O2/c1-3-27-17-12-8-7-11-16(17)26(2)18(27)15(13-25)19(29)28(20(30)21(22,23)24)14-9-5-4-6-10-14/h7-8,11-12,14H,3-6,9-10H2,1-2H3. The van der Waals surface area contributed by atoms with E-state index in [1.165, 1.54) is 0 Å². The zero-order valence-corrected chi connectivity index (χ0v) is 16.9. The first-order chi connectivity index (χ1) is 14.2. The molecule has 1 aliphatic carbocycles. The van der Waals surface area contributed by atoms with Crippen LogP contribution in [0.15, 0.2) is 35.7 Å². The van der Waals surface area contributed by atoms with Gasteiger partial charge in [-0.05, 0) is 31.9 Å². The van der Waals surface area contributed by atoms with Gasteiger partial charge in [0.05, 0.1) is 11.4 Å². The fourth-order valence-electron chi connectivity index (χ4n) is 4.22. The molecule has 2 amide bonds. The number of carbonyl (C=O) groups excluding carboxylic acids is 2. The summed E-state index contributed by atoms with van der Waals surface area (Å²) in [4.78, 5) is 29.1. The quantitative estimate of drug-likeness (QED) is 0.547. The van der Waals surface area contributed by atoms with Crippen LogP contribution in [0.4, 0.5) is 24.5 Å². The maximum atomic E-state index is 13.3. The molecule has 1 aromatic carbocycles. The van der Waals surface area contributed by atoms with E-state index in [4.69, 9.17) is 0 Å². The molecule has 0 atom stereocenters. The van der Waals surface area contributed by atoms with Gasteiger partial charge in [-0.3, -0.25) is 14.5 Å². The number of anilines is 2. The zero-order chi connectivity index (χ0) is 22.1. The number of rotatable bonds is 3. The van der Waals surface area contributed by atoms with E-state index in [-0.39, 0.29) is 10.7 Å². The number of carbonyl (C=O) groups is 2. The second-order valence-corrected chi connectivity index (χ2v) is 7.37. The van der Waals surface area contributed by atoms with Crippen molar-refractivity contribution in [3.63, 3.8) is 0 Å². The van der Waals surface area contributed by atoms with Gasteiger partial charge in [-0.15, -0.1) is 0 Å². The Balaban J connectivity index is 2.10. The van der Waals surface area contributed by atoms with Gasteiger partial charge in [-0.25, -0.2) is 0 Å². The molecule has 0 saturated heterocycles. The Kier molecular flexibility index (Phi) is 6.06. The Morgan fingerprint density at radius 1 is 1.17 bits per heavy atom. The predicted octanol–water partition coefficient (Wildman–Crippen LogP) is 3.95. The summed E-state index contributed by atoms with van der Waals surface area (Å²) >= 11 is 0. The van der Waals surface area contributed by atoms with Crippen molar-refractivity contribution in [1.82, 2.24) is 4.90 Å². The fourth-order valence-corrected chi connectivity index (χ4v) is 4.22. The molecular formula is C21H23F3N4O2. The number of nitrogens with zero attached hydrogens (tertiary/aromatic N) is 4. The summed E-state index contributed by atoms with van der Waals surface area (Å²) in [6.07, 6.45) is -2.50. The summed E-state index contributed by atoms with van der Waals surface area (Å²) in [7, 11) is 1.64. The third-order valence-corrected chi connectivity index (χ3v) is 5.59. The molecule has 0 N–H and O–H groups in total. The van der Waals surface area contributed by atoms with E-state index < -0.39 is 29.6 Å². The Morgan fingerprint density at radius 3 is 2.30 bits per heavy atom. The van der Waals surface area contributed by atoms with Gasteiger partial charge in [0.1, 0.15) is 11.9 Å². The van der Waals surface area contributed by atoms with E-state index in [1.807, 2.05) is 13.0 Å². The summed E-state index contributed by atoms with van der Waals surface area (Å²) < 4.78 is 40.0. The molecule has 1 heterocycles. The monoisotopic (exact) mass is 420 g/mol. The van der Waals surface area contributed by atoms with Crippen molar-refractivity contribution in [3.05, 3.63) is 35.7 Å². The molecule has 1 aliphatic heterocycles. The van der Waals surface area contributed by atoms with E-state index in [0.29, 0.717) is 32.2 Å². The number of fused-ring (bicyclic) bond motifs is 1. The molecule has 160 valence electrons. The Labute approximate surface area is 173 Å². The zero-order valence-electron chi connectivity index (χ0n) is 16.9. The summed E-state index contributed by atoms with van der Waals surface area (Å²) in [5, 5.41) is 9.80. The van der Waals surface area contributed by atoms with Crippen LogP contribution in [0.1, 0.15) is 39.0 Å². The minimum Gasteiger partial charge on any atom is -0.328 e. The smallest absolute Gasteiger partial charge is 0.328 e. The predicted molar refractivity (Wildman–Crippen MR) is 105 cm³/mol. The Morgan fingerprint density at radius 2 is 1.77 bits per heavy atom. The van der Waals surface area contributed by atoms with Gasteiger partial charge >= 0.3 is 12.1 Å². The normalized spacial score (nSPS) is 18.7. The first kappa shape index (κ1) is 21.7. The second kappa shape index (κ2) is 8.38. The summed E-state index contributed by atoms with van der Waals surface area (Å²) in [6.45, 7) is 2.21. The number of benzene rings is 1. The molecule has 0 spiro atoms. The Hall–Kier alpha value is -3.02. The third-order valence-electron chi connectivity index (χ3n) is 5.59. The van der Waals surface area contributed by atoms with Crippen molar-refractivity contribution in [2.24, 2.45) is 0 Å². The van der Waals surface area contributed by atoms with E-state index in [9.17, 15) is 28.0 Å². The number of hydrogen-bond donors (Lipinski definition) is 0. The van der Waals surface area contributed by atoms with Crippen molar-refractivity contribution >= 4 is 23.2 Å². The van der Waals surface area contributed by atoms with Crippen LogP contribution in [-0.4, -0.2) is 42.5 Å². The topological polar surface area (TPSA) is 67.6 Å². The molecule has 0 aromatic heterocycles. The molecule has 1 aromatic rings. The van der Waals surface area contributed by atoms with Crippen LogP contribution in [0.3, 0.4) is 0 Å². The molecule has 0 radical (unpaired) electrons. The summed E-state index contributed by atoms with van der Waals surface area (Å²) in [6, 6.07) is 8.11. The van der Waals surface area contributed by atoms with Crippen molar-refractivity contribution in [2.45, 2.75) is 51.2 Å². The molecular weight excluding hydrogens is 397 g/mol. The van der Waals surface area contributed by atoms with Gasteiger partial charge in [-0.2, -0.15) is 18.4 Å². The van der Waals surface area contributed by atoms with Gasteiger partial charge in [0.2, 0.25) is 0 Å². The first-order valence-corrected chi connectivity index (χ1v) is 9.91. The highest BCUT2D eigenvalue weighted by atomic mass is 19.4. The lowest BCUT2D eigenvalue weighted by molar-refractivity contribution is -0.189. The van der Waals surface area contributed by atoms with Crippen LogP contribution in [0.2, 0.25) is 0 Å². The van der Waals surface area contributed by atoms with E-state index in [0.717, 1.165) is 17.8 Å². The number of imide groups is 1. The minimum atomic E-state index is -5.20. The molecule has 6 nitrogen and oxygen atoms in total. The number of halogens is 3. The highest BCUT2D eigenvalue weighted by Gasteiger charge is 2.49. The first-order valence-electron chi connectivity index (χ1n) is 9.91.